The van der Waals surface area contributed by atoms with E-state index in [4.69, 9.17) is 58.1 Å². The van der Waals surface area contributed by atoms with Gasteiger partial charge in [-0.2, -0.15) is 0 Å². The van der Waals surface area contributed by atoms with Gasteiger partial charge in [0.25, 0.3) is 5.56 Å². The molecule has 0 aliphatic carbocycles. The van der Waals surface area contributed by atoms with E-state index in [-0.39, 0.29) is 80.8 Å². The highest BCUT2D eigenvalue weighted by Gasteiger charge is 2.45. The third-order valence-electron chi connectivity index (χ3n) is 15.3. The van der Waals surface area contributed by atoms with E-state index in [1.807, 2.05) is 0 Å². The van der Waals surface area contributed by atoms with Gasteiger partial charge in [-0.05, 0) is 68.3 Å². The SMILES string of the molecule is CC[C@@]1(O)C(=O)OCc2c1cc1n(c2=O)Cc2c-1nc1cc(F)c(C)cc1c2CNC(=O)CNC(=O)[C@H](CCCCN)NC(=O)[C@@H](NC(=O)COCCOCCOCCOCCOCCOCCOCCOCCOCCn1cc(-c2cnc(S(C)(=O)=O)nc2)nn1)C(C)C. The van der Waals surface area contributed by atoms with Gasteiger partial charge in [0.1, 0.15) is 36.8 Å². The zero-order valence-electron chi connectivity index (χ0n) is 54.3. The maximum Gasteiger partial charge on any atom is 0.343 e. The number of sulfone groups is 1. The zero-order chi connectivity index (χ0) is 68.3. The molecule has 522 valence electrons. The number of rotatable bonds is 45. The zero-order valence-corrected chi connectivity index (χ0v) is 55.1. The van der Waals surface area contributed by atoms with Crippen molar-refractivity contribution in [3.8, 4) is 22.6 Å². The molecule has 33 heteroatoms. The largest absolute Gasteiger partial charge is 0.458 e. The first-order chi connectivity index (χ1) is 45.7. The van der Waals surface area contributed by atoms with Crippen LogP contribution < -0.4 is 32.6 Å². The molecule has 2 aliphatic heterocycles. The highest BCUT2D eigenvalue weighted by molar-refractivity contribution is 7.90. The van der Waals surface area contributed by atoms with Gasteiger partial charge in [0.2, 0.25) is 38.6 Å². The summed E-state index contributed by atoms with van der Waals surface area (Å²) in [6.07, 6.45) is 6.66. The van der Waals surface area contributed by atoms with E-state index < -0.39 is 81.0 Å². The van der Waals surface area contributed by atoms with Crippen LogP contribution in [0.3, 0.4) is 0 Å². The number of benzene rings is 1. The van der Waals surface area contributed by atoms with Crippen molar-refractivity contribution in [2.24, 2.45) is 11.7 Å². The average molecular weight is 1360 g/mol. The van der Waals surface area contributed by atoms with Crippen molar-refractivity contribution < 1.29 is 89.3 Å². The van der Waals surface area contributed by atoms with Crippen LogP contribution in [0.5, 0.6) is 0 Å². The molecular formula is C62H87FN12O19S. The van der Waals surface area contributed by atoms with Gasteiger partial charge < -0.3 is 84.0 Å². The number of halogens is 1. The standard InChI is InChI=1S/C62H87FN12O19S/c1-6-62(82)47-30-52-56-45(36-75(52)59(80)46(47)38-94-60(62)81)44(43-29-41(4)48(63)31-50(43)69-56)34-65-53(76)35-66-57(78)49(9-7-8-10-64)70-58(79)55(40(2)3)71-54(77)39-93-28-27-92-26-25-91-24-23-90-22-21-89-20-19-88-18-17-87-16-15-86-14-13-85-12-11-74-37-51(72-73-74)42-32-67-61(68-33-42)95(5,83)84/h29-33,37,40,49,55,82H,6-28,34-36,38-39,64H2,1-5H3,(H,65,76)(H,66,78)(H,70,79)(H,71,77)/t49-,55-,62-/m0/s1. The molecule has 7 N–H and O–H groups in total. The number of esters is 1. The number of carbonyl (C=O) groups is 5. The third-order valence-corrected chi connectivity index (χ3v) is 16.2. The van der Waals surface area contributed by atoms with Crippen LogP contribution in [-0.2, 0) is 113 Å². The lowest BCUT2D eigenvalue weighted by atomic mass is 9.86. The highest BCUT2D eigenvalue weighted by atomic mass is 32.2. The van der Waals surface area contributed by atoms with E-state index in [2.05, 4.69) is 41.5 Å². The summed E-state index contributed by atoms with van der Waals surface area (Å²) in [5.41, 5.74) is 6.75. The molecule has 0 spiro atoms. The number of aryl methyl sites for hydroxylation is 1. The molecule has 1 aromatic carbocycles. The Kier molecular flexibility index (Phi) is 29.8. The Bertz CT molecular complexity index is 3540. The predicted octanol–water partition coefficient (Wildman–Crippen LogP) is 0.316. The second-order valence-corrected chi connectivity index (χ2v) is 24.5. The van der Waals surface area contributed by atoms with Gasteiger partial charge in [-0.1, -0.05) is 26.0 Å². The molecular weight excluding hydrogens is 1270 g/mol. The van der Waals surface area contributed by atoms with Crippen LogP contribution in [0, 0.1) is 18.7 Å². The normalized spacial score (nSPS) is 14.9. The number of aromatic nitrogens is 7. The molecule has 6 heterocycles. The minimum atomic E-state index is -3.49. The fourth-order valence-corrected chi connectivity index (χ4v) is 10.6. The van der Waals surface area contributed by atoms with Gasteiger partial charge in [-0.3, -0.25) is 24.0 Å². The third kappa shape index (κ3) is 22.1. The number of nitrogens with one attached hydrogen (secondary N) is 4. The van der Waals surface area contributed by atoms with Crippen molar-refractivity contribution in [1.82, 2.24) is 55.8 Å². The number of hydrogen-bond donors (Lipinski definition) is 6. The van der Waals surface area contributed by atoms with Crippen LogP contribution in [0.2, 0.25) is 0 Å². The van der Waals surface area contributed by atoms with Crippen LogP contribution in [0.15, 0.2) is 46.7 Å². The molecule has 0 bridgehead atoms. The fourth-order valence-electron chi connectivity index (χ4n) is 10.1. The number of nitrogens with two attached hydrogens (primary N) is 1. The van der Waals surface area contributed by atoms with Gasteiger partial charge in [0, 0.05) is 53.3 Å². The Hall–Kier alpha value is -7.41. The van der Waals surface area contributed by atoms with Crippen LogP contribution in [0.1, 0.15) is 74.3 Å². The number of amides is 4. The quantitative estimate of drug-likeness (QED) is 0.0170. The number of nitrogens with zero attached hydrogens (tertiary/aromatic N) is 7. The van der Waals surface area contributed by atoms with Crippen LogP contribution in [-0.4, -0.2) is 228 Å². The second-order valence-electron chi connectivity index (χ2n) is 22.6. The number of hydrogen-bond acceptors (Lipinski definition) is 25. The van der Waals surface area contributed by atoms with Crippen LogP contribution >= 0.6 is 0 Å². The Labute approximate surface area is 549 Å². The van der Waals surface area contributed by atoms with Gasteiger partial charge in [0.15, 0.2) is 5.60 Å². The van der Waals surface area contributed by atoms with Crippen molar-refractivity contribution >= 4 is 50.3 Å². The summed E-state index contributed by atoms with van der Waals surface area (Å²) in [4.78, 5) is 93.0. The van der Waals surface area contributed by atoms with Gasteiger partial charge in [-0.15, -0.1) is 5.10 Å². The lowest BCUT2D eigenvalue weighted by Gasteiger charge is -2.31. The number of pyridine rings is 2. The lowest BCUT2D eigenvalue weighted by Crippen LogP contribution is -2.56. The van der Waals surface area contributed by atoms with Crippen molar-refractivity contribution in [1.29, 1.82) is 0 Å². The summed E-state index contributed by atoms with van der Waals surface area (Å²) in [5, 5.41) is 30.6. The van der Waals surface area contributed by atoms with Crippen LogP contribution in [0.25, 0.3) is 33.5 Å². The van der Waals surface area contributed by atoms with E-state index in [1.54, 1.807) is 50.7 Å². The van der Waals surface area contributed by atoms with Gasteiger partial charge >= 0.3 is 5.97 Å². The monoisotopic (exact) mass is 1350 g/mol. The summed E-state index contributed by atoms with van der Waals surface area (Å²) in [7, 11) is -3.49. The summed E-state index contributed by atoms with van der Waals surface area (Å²) < 4.78 is 96.2. The smallest absolute Gasteiger partial charge is 0.343 e. The summed E-state index contributed by atoms with van der Waals surface area (Å²) in [6, 6.07) is 2.27. The summed E-state index contributed by atoms with van der Waals surface area (Å²) in [6.45, 7) is 12.2. The average Bonchev–Trinajstić information content (AvgIpc) is 1.62. The minimum absolute atomic E-state index is 0.0191. The van der Waals surface area contributed by atoms with E-state index >= 15 is 4.39 Å². The number of fused-ring (bicyclic) bond motifs is 5. The highest BCUT2D eigenvalue weighted by Crippen LogP contribution is 2.40. The molecule has 0 fully saturated rings. The Morgan fingerprint density at radius 3 is 1.91 bits per heavy atom. The molecule has 0 radical (unpaired) electrons. The molecule has 0 unspecified atom stereocenters. The first-order valence-electron chi connectivity index (χ1n) is 31.5. The first kappa shape index (κ1) is 75.0. The summed E-state index contributed by atoms with van der Waals surface area (Å²) >= 11 is 0. The van der Waals surface area contributed by atoms with Crippen molar-refractivity contribution in [2.45, 2.75) is 102 Å². The molecule has 4 amide bonds. The second kappa shape index (κ2) is 37.8. The van der Waals surface area contributed by atoms with Crippen molar-refractivity contribution in [2.75, 3.05) is 138 Å². The maximum absolute atomic E-state index is 15.0. The predicted molar refractivity (Wildman–Crippen MR) is 337 cm³/mol. The number of carbonyl (C=O) groups excluding carboxylic acids is 5. The van der Waals surface area contributed by atoms with Gasteiger partial charge in [0.05, 0.1) is 161 Å². The Balaban J connectivity index is 0.686. The fraction of sp³-hybridized carbons (Fsp3) is 0.597. The Morgan fingerprint density at radius 1 is 0.768 bits per heavy atom. The molecule has 0 saturated heterocycles. The van der Waals surface area contributed by atoms with E-state index in [0.717, 1.165) is 6.26 Å². The van der Waals surface area contributed by atoms with E-state index in [9.17, 15) is 42.3 Å². The molecule has 2 aliphatic rings. The number of unbranched alkanes of at least 4 members (excludes halogenated alkanes) is 1. The summed E-state index contributed by atoms with van der Waals surface area (Å²) in [5.74, 6) is -4.23. The molecule has 4 aromatic heterocycles. The molecule has 3 atom stereocenters. The number of cyclic esters (lactones) is 1. The number of ether oxygens (including phenoxy) is 10. The lowest BCUT2D eigenvalue weighted by molar-refractivity contribution is -0.172. The van der Waals surface area contributed by atoms with Crippen molar-refractivity contribution in [3.05, 3.63) is 80.8 Å². The van der Waals surface area contributed by atoms with Crippen molar-refractivity contribution in [3.63, 3.8) is 0 Å². The van der Waals surface area contributed by atoms with E-state index in [0.29, 0.717) is 163 Å². The molecule has 31 nitrogen and oxygen atoms in total. The first-order valence-corrected chi connectivity index (χ1v) is 33.4. The molecule has 0 saturated carbocycles. The molecule has 7 rings (SSSR count). The molecule has 95 heavy (non-hydrogen) atoms. The minimum Gasteiger partial charge on any atom is -0.458 e. The molecule has 5 aromatic rings. The Morgan fingerprint density at radius 2 is 1.35 bits per heavy atom. The van der Waals surface area contributed by atoms with E-state index in [1.165, 1.54) is 23.0 Å². The maximum atomic E-state index is 15.0. The van der Waals surface area contributed by atoms with Gasteiger partial charge in [-0.25, -0.2) is 37.2 Å². The van der Waals surface area contributed by atoms with Crippen LogP contribution in [0.4, 0.5) is 4.39 Å². The number of aliphatic hydroxyl groups is 1. The topological polar surface area (TPSA) is 398 Å².